The summed E-state index contributed by atoms with van der Waals surface area (Å²) >= 11 is 48.2. The third-order valence-corrected chi connectivity index (χ3v) is 12.4. The highest BCUT2D eigenvalue weighted by Crippen LogP contribution is 2.66. The van der Waals surface area contributed by atoms with Crippen molar-refractivity contribution in [3.63, 3.8) is 0 Å². The number of hydrogen-bond donors (Lipinski definition) is 0. The highest BCUT2D eigenvalue weighted by molar-refractivity contribution is 9.25. The Bertz CT molecular complexity index is 495. The molecule has 0 amide bonds. The molecule has 0 saturated carbocycles. The minimum atomic E-state index is -4.45. The van der Waals surface area contributed by atoms with Gasteiger partial charge in [-0.25, -0.2) is 4.57 Å². The van der Waals surface area contributed by atoms with Crippen LogP contribution in [0, 0.1) is 5.41 Å². The molecule has 0 spiro atoms. The molecule has 0 radical (unpaired) electrons. The van der Waals surface area contributed by atoms with Crippen molar-refractivity contribution < 1.29 is 18.1 Å². The first-order valence-electron chi connectivity index (χ1n) is 6.66. The summed E-state index contributed by atoms with van der Waals surface area (Å²) in [5.74, 6) is 0.117. The molecule has 0 bridgehead atoms. The van der Waals surface area contributed by atoms with Gasteiger partial charge >= 0.3 is 7.82 Å². The van der Waals surface area contributed by atoms with Crippen LogP contribution in [0.2, 0.25) is 0 Å². The summed E-state index contributed by atoms with van der Waals surface area (Å²) in [5, 5.41) is 0. The van der Waals surface area contributed by atoms with E-state index in [0.29, 0.717) is 0 Å². The first-order valence-corrected chi connectivity index (χ1v) is 13.7. The van der Waals surface area contributed by atoms with Gasteiger partial charge in [-0.2, -0.15) is 0 Å². The highest BCUT2D eigenvalue weighted by atomic mass is 79.9. The van der Waals surface area contributed by atoms with Crippen LogP contribution in [0.15, 0.2) is 0 Å². The van der Waals surface area contributed by atoms with Gasteiger partial charge < -0.3 is 0 Å². The van der Waals surface area contributed by atoms with Gasteiger partial charge in [0.25, 0.3) is 0 Å². The molecule has 0 aliphatic carbocycles. The number of halogens is 10. The Morgan fingerprint density at radius 2 is 1.35 bits per heavy atom. The molecule has 0 rings (SSSR count). The van der Waals surface area contributed by atoms with Crippen LogP contribution in [0.25, 0.3) is 0 Å². The van der Waals surface area contributed by atoms with Crippen molar-refractivity contribution in [3.8, 4) is 0 Å². The fraction of sp³-hybridized carbons (Fsp3) is 1.00. The van der Waals surface area contributed by atoms with Gasteiger partial charge in [-0.15, -0.1) is 11.6 Å². The van der Waals surface area contributed by atoms with Crippen LogP contribution >= 0.6 is 141 Å². The Morgan fingerprint density at radius 3 is 1.69 bits per heavy atom. The SMILES string of the molecule is CCC(Cl)(Cl)C(Br)(Br)OP(=O)(OCC(Cl)(Cl)Cl)OC(Br)(Br)C(C)(C)CCl. The lowest BCUT2D eigenvalue weighted by molar-refractivity contribution is 0.0516. The van der Waals surface area contributed by atoms with E-state index in [1.54, 1.807) is 20.8 Å². The van der Waals surface area contributed by atoms with E-state index in [-0.39, 0.29) is 12.3 Å². The number of phosphoric ester groups is 1. The maximum absolute atomic E-state index is 13.3. The van der Waals surface area contributed by atoms with Gasteiger partial charge in [0.2, 0.25) is 7.21 Å². The van der Waals surface area contributed by atoms with Gasteiger partial charge in [0, 0.05) is 11.3 Å². The zero-order chi connectivity index (χ0) is 21.2. The lowest BCUT2D eigenvalue weighted by Crippen LogP contribution is -2.40. The van der Waals surface area contributed by atoms with Crippen molar-refractivity contribution in [1.82, 2.24) is 0 Å². The minimum absolute atomic E-state index is 0.117. The summed E-state index contributed by atoms with van der Waals surface area (Å²) in [6.45, 7) is 4.55. The van der Waals surface area contributed by atoms with E-state index in [1.807, 2.05) is 0 Å². The third kappa shape index (κ3) is 9.10. The van der Waals surface area contributed by atoms with E-state index in [2.05, 4.69) is 63.7 Å². The normalized spacial score (nSPS) is 17.3. The smallest absolute Gasteiger partial charge is 0.282 e. The van der Waals surface area contributed by atoms with Gasteiger partial charge in [0.1, 0.15) is 6.61 Å². The molecule has 15 heteroatoms. The van der Waals surface area contributed by atoms with Crippen molar-refractivity contribution in [3.05, 3.63) is 0 Å². The van der Waals surface area contributed by atoms with Gasteiger partial charge in [-0.3, -0.25) is 13.6 Å². The molecular weight excluding hydrogens is 759 g/mol. The van der Waals surface area contributed by atoms with E-state index in [4.69, 9.17) is 83.2 Å². The molecule has 26 heavy (non-hydrogen) atoms. The highest BCUT2D eigenvalue weighted by Gasteiger charge is 2.55. The van der Waals surface area contributed by atoms with Gasteiger partial charge in [0.05, 0.1) is 0 Å². The second-order valence-corrected chi connectivity index (χ2v) is 18.0. The van der Waals surface area contributed by atoms with Gasteiger partial charge in [-0.05, 0) is 70.1 Å². The average molecular weight is 775 g/mol. The molecule has 0 aromatic heterocycles. The average Bonchev–Trinajstić information content (AvgIpc) is 2.42. The number of phosphoric acid groups is 1. The third-order valence-electron chi connectivity index (χ3n) is 2.83. The predicted octanol–water partition coefficient (Wildman–Crippen LogP) is 9.25. The summed E-state index contributed by atoms with van der Waals surface area (Å²) in [6.07, 6.45) is 0.206. The van der Waals surface area contributed by atoms with Crippen LogP contribution in [-0.2, 0) is 18.1 Å². The summed E-state index contributed by atoms with van der Waals surface area (Å²) in [5.41, 5.74) is -0.776. The van der Waals surface area contributed by atoms with E-state index >= 15 is 0 Å². The Labute approximate surface area is 217 Å². The van der Waals surface area contributed by atoms with Gasteiger partial charge in [-0.1, -0.05) is 78.8 Å². The van der Waals surface area contributed by atoms with E-state index in [0.717, 1.165) is 0 Å². The van der Waals surface area contributed by atoms with E-state index in [1.165, 1.54) is 0 Å². The van der Waals surface area contributed by atoms with Crippen molar-refractivity contribution >= 4 is 141 Å². The molecule has 0 aliphatic heterocycles. The molecule has 0 heterocycles. The van der Waals surface area contributed by atoms with Crippen LogP contribution in [-0.4, -0.2) is 27.5 Å². The zero-order valence-corrected chi connectivity index (χ0v) is 25.3. The maximum atomic E-state index is 13.3. The largest absolute Gasteiger partial charge is 0.479 e. The maximum Gasteiger partial charge on any atom is 0.479 e. The molecule has 158 valence electrons. The van der Waals surface area contributed by atoms with Crippen LogP contribution in [0.1, 0.15) is 27.2 Å². The molecule has 0 saturated heterocycles. The molecule has 0 aromatic rings. The van der Waals surface area contributed by atoms with Crippen LogP contribution in [0.5, 0.6) is 0 Å². The predicted molar refractivity (Wildman–Crippen MR) is 126 cm³/mol. The number of rotatable bonds is 10. The fourth-order valence-corrected chi connectivity index (χ4v) is 6.49. The molecule has 1 atom stereocenters. The summed E-state index contributed by atoms with van der Waals surface area (Å²) in [6, 6.07) is 0. The van der Waals surface area contributed by atoms with Crippen molar-refractivity contribution in [2.75, 3.05) is 12.5 Å². The zero-order valence-electron chi connectivity index (χ0n) is 13.5. The summed E-state index contributed by atoms with van der Waals surface area (Å²) in [4.78, 5) is 0. The minimum Gasteiger partial charge on any atom is -0.282 e. The topological polar surface area (TPSA) is 44.8 Å². The molecule has 0 N–H and O–H groups in total. The quantitative estimate of drug-likeness (QED) is 0.164. The molecule has 4 nitrogen and oxygen atoms in total. The van der Waals surface area contributed by atoms with Crippen molar-refractivity contribution in [2.45, 2.75) is 42.2 Å². The van der Waals surface area contributed by atoms with E-state index in [9.17, 15) is 4.57 Å². The number of hydrogen-bond acceptors (Lipinski definition) is 4. The summed E-state index contributed by atoms with van der Waals surface area (Å²) < 4.78 is 22.9. The molecule has 0 aliphatic rings. The van der Waals surface area contributed by atoms with Crippen molar-refractivity contribution in [2.24, 2.45) is 5.41 Å². The Hall–Kier alpha value is 3.77. The van der Waals surface area contributed by atoms with Crippen LogP contribution < -0.4 is 0 Å². The van der Waals surface area contributed by atoms with E-state index < -0.39 is 34.8 Å². The second kappa shape index (κ2) is 10.6. The standard InChI is InChI=1S/C11H15Br4Cl6O4P/c1-4-8(17,18)11(14,15)25-26(22,23-6-9(19,20)21)24-10(12,13)7(2,3)5-16/h4-6H2,1-3H3. The molecule has 1 unspecified atom stereocenters. The fourth-order valence-electron chi connectivity index (χ4n) is 0.978. The number of alkyl halides is 10. The van der Waals surface area contributed by atoms with Crippen molar-refractivity contribution in [1.29, 1.82) is 0 Å². The molecule has 0 fully saturated rings. The van der Waals surface area contributed by atoms with Crippen LogP contribution in [0.4, 0.5) is 0 Å². The molecule has 0 aromatic carbocycles. The van der Waals surface area contributed by atoms with Crippen LogP contribution in [0.3, 0.4) is 0 Å². The first-order chi connectivity index (χ1) is 11.2. The second-order valence-electron chi connectivity index (χ2n) is 5.63. The Balaban J connectivity index is 5.82. The Morgan fingerprint density at radius 1 is 0.923 bits per heavy atom. The van der Waals surface area contributed by atoms with Gasteiger partial charge in [0.15, 0.2) is 7.75 Å². The molecular formula is C11H15Br4Cl6O4P. The lowest BCUT2D eigenvalue weighted by Gasteiger charge is -2.40. The Kier molecular flexibility index (Phi) is 12.1. The summed E-state index contributed by atoms with van der Waals surface area (Å²) in [7, 11) is -4.45. The monoisotopic (exact) mass is 768 g/mol. The lowest BCUT2D eigenvalue weighted by atomic mass is 9.98. The first kappa shape index (κ1) is 29.8.